The Hall–Kier alpha value is -1.73. The summed E-state index contributed by atoms with van der Waals surface area (Å²) >= 11 is 0. The van der Waals surface area contributed by atoms with E-state index in [0.29, 0.717) is 23.6 Å². The van der Waals surface area contributed by atoms with Gasteiger partial charge in [0.25, 0.3) is 0 Å². The smallest absolute Gasteiger partial charge is 0.127 e. The van der Waals surface area contributed by atoms with Crippen LogP contribution in [-0.4, -0.2) is 6.61 Å². The van der Waals surface area contributed by atoms with E-state index in [0.717, 1.165) is 12.0 Å². The first-order valence-corrected chi connectivity index (χ1v) is 4.44. The standard InChI is InChI=1S/C10H11N3O/c11-5-6-3-8(13)10-7(12)1-2-14-9(10)4-6/h3-4,7H,1-2,12-13H2. The van der Waals surface area contributed by atoms with Crippen molar-refractivity contribution in [2.24, 2.45) is 5.73 Å². The van der Waals surface area contributed by atoms with E-state index < -0.39 is 0 Å². The largest absolute Gasteiger partial charge is 0.493 e. The van der Waals surface area contributed by atoms with E-state index in [1.807, 2.05) is 6.07 Å². The van der Waals surface area contributed by atoms with Crippen molar-refractivity contribution in [3.63, 3.8) is 0 Å². The summed E-state index contributed by atoms with van der Waals surface area (Å²) < 4.78 is 5.41. The van der Waals surface area contributed by atoms with Crippen molar-refractivity contribution in [2.45, 2.75) is 12.5 Å². The predicted molar refractivity (Wildman–Crippen MR) is 52.6 cm³/mol. The van der Waals surface area contributed by atoms with Crippen molar-refractivity contribution < 1.29 is 4.74 Å². The third-order valence-corrected chi connectivity index (χ3v) is 2.36. The van der Waals surface area contributed by atoms with Crippen LogP contribution in [0.25, 0.3) is 0 Å². The second-order valence-electron chi connectivity index (χ2n) is 3.33. The molecular formula is C10H11N3O. The molecule has 0 aliphatic carbocycles. The lowest BCUT2D eigenvalue weighted by molar-refractivity contribution is 0.269. The van der Waals surface area contributed by atoms with Crippen LogP contribution in [-0.2, 0) is 0 Å². The van der Waals surface area contributed by atoms with Crippen molar-refractivity contribution in [1.82, 2.24) is 0 Å². The maximum absolute atomic E-state index is 8.74. The summed E-state index contributed by atoms with van der Waals surface area (Å²) in [5.74, 6) is 0.653. The van der Waals surface area contributed by atoms with E-state index in [4.69, 9.17) is 21.5 Å². The molecule has 0 saturated carbocycles. The third kappa shape index (κ3) is 1.28. The average Bonchev–Trinajstić information content (AvgIpc) is 2.17. The lowest BCUT2D eigenvalue weighted by Gasteiger charge is -2.24. The van der Waals surface area contributed by atoms with E-state index in [1.54, 1.807) is 12.1 Å². The number of benzene rings is 1. The molecule has 1 aromatic carbocycles. The minimum Gasteiger partial charge on any atom is -0.493 e. The molecule has 4 nitrogen and oxygen atoms in total. The minimum absolute atomic E-state index is 0.0773. The summed E-state index contributed by atoms with van der Waals surface area (Å²) in [6.45, 7) is 0.586. The van der Waals surface area contributed by atoms with Gasteiger partial charge in [0.1, 0.15) is 5.75 Å². The van der Waals surface area contributed by atoms with Gasteiger partial charge in [0.15, 0.2) is 0 Å². The normalized spacial score (nSPS) is 19.3. The number of fused-ring (bicyclic) bond motifs is 1. The summed E-state index contributed by atoms with van der Waals surface area (Å²) in [7, 11) is 0. The first-order valence-electron chi connectivity index (χ1n) is 4.44. The number of hydrogen-bond donors (Lipinski definition) is 2. The number of ether oxygens (including phenoxy) is 1. The molecule has 1 aliphatic heterocycles. The quantitative estimate of drug-likeness (QED) is 0.594. The number of nitrogen functional groups attached to an aromatic ring is 1. The second-order valence-corrected chi connectivity index (χ2v) is 3.33. The van der Waals surface area contributed by atoms with Gasteiger partial charge < -0.3 is 16.2 Å². The molecular weight excluding hydrogens is 178 g/mol. The van der Waals surface area contributed by atoms with Crippen LogP contribution in [0, 0.1) is 11.3 Å². The van der Waals surface area contributed by atoms with Gasteiger partial charge in [-0.3, -0.25) is 0 Å². The average molecular weight is 189 g/mol. The van der Waals surface area contributed by atoms with Crippen molar-refractivity contribution in [3.05, 3.63) is 23.3 Å². The van der Waals surface area contributed by atoms with Gasteiger partial charge in [0, 0.05) is 23.7 Å². The number of anilines is 1. The Morgan fingerprint density at radius 1 is 1.50 bits per heavy atom. The molecule has 1 heterocycles. The first-order chi connectivity index (χ1) is 6.72. The van der Waals surface area contributed by atoms with Crippen LogP contribution in [0.3, 0.4) is 0 Å². The van der Waals surface area contributed by atoms with Crippen LogP contribution in [0.2, 0.25) is 0 Å². The summed E-state index contributed by atoms with van der Waals surface area (Å²) in [6.07, 6.45) is 0.767. The zero-order valence-corrected chi connectivity index (χ0v) is 7.66. The zero-order chi connectivity index (χ0) is 10.1. The van der Waals surface area contributed by atoms with Gasteiger partial charge >= 0.3 is 0 Å². The molecule has 0 saturated heterocycles. The highest BCUT2D eigenvalue weighted by Crippen LogP contribution is 2.35. The van der Waals surface area contributed by atoms with E-state index >= 15 is 0 Å². The van der Waals surface area contributed by atoms with Gasteiger partial charge in [-0.2, -0.15) is 5.26 Å². The molecule has 0 amide bonds. The van der Waals surface area contributed by atoms with E-state index in [2.05, 4.69) is 0 Å². The molecule has 0 fully saturated rings. The Morgan fingerprint density at radius 2 is 2.29 bits per heavy atom. The Bertz CT molecular complexity index is 409. The molecule has 72 valence electrons. The van der Waals surface area contributed by atoms with Crippen molar-refractivity contribution in [1.29, 1.82) is 5.26 Å². The molecule has 1 unspecified atom stereocenters. The Labute approximate surface area is 82.1 Å². The molecule has 0 aromatic heterocycles. The van der Waals surface area contributed by atoms with Gasteiger partial charge in [0.05, 0.1) is 18.2 Å². The number of hydrogen-bond acceptors (Lipinski definition) is 4. The van der Waals surface area contributed by atoms with Crippen LogP contribution in [0.4, 0.5) is 5.69 Å². The highest BCUT2D eigenvalue weighted by atomic mass is 16.5. The fraction of sp³-hybridized carbons (Fsp3) is 0.300. The highest BCUT2D eigenvalue weighted by Gasteiger charge is 2.21. The molecule has 4 N–H and O–H groups in total. The summed E-state index contributed by atoms with van der Waals surface area (Å²) in [5.41, 5.74) is 13.6. The van der Waals surface area contributed by atoms with Gasteiger partial charge in [-0.15, -0.1) is 0 Å². The van der Waals surface area contributed by atoms with Crippen LogP contribution in [0.15, 0.2) is 12.1 Å². The number of nitrogens with two attached hydrogens (primary N) is 2. The second kappa shape index (κ2) is 3.20. The molecule has 0 radical (unpaired) electrons. The van der Waals surface area contributed by atoms with Crippen LogP contribution in [0.1, 0.15) is 23.6 Å². The Morgan fingerprint density at radius 3 is 3.00 bits per heavy atom. The van der Waals surface area contributed by atoms with E-state index in [-0.39, 0.29) is 6.04 Å². The Balaban J connectivity index is 2.58. The minimum atomic E-state index is -0.0773. The summed E-state index contributed by atoms with van der Waals surface area (Å²) in [6, 6.07) is 5.27. The zero-order valence-electron chi connectivity index (χ0n) is 7.66. The van der Waals surface area contributed by atoms with E-state index in [9.17, 15) is 0 Å². The van der Waals surface area contributed by atoms with Crippen LogP contribution in [0.5, 0.6) is 5.75 Å². The van der Waals surface area contributed by atoms with Crippen LogP contribution >= 0.6 is 0 Å². The predicted octanol–water partition coefficient (Wildman–Crippen LogP) is 0.923. The van der Waals surface area contributed by atoms with Crippen molar-refractivity contribution in [2.75, 3.05) is 12.3 Å². The molecule has 0 bridgehead atoms. The lowest BCUT2D eigenvalue weighted by Crippen LogP contribution is -2.22. The van der Waals surface area contributed by atoms with Crippen LogP contribution < -0.4 is 16.2 Å². The first kappa shape index (κ1) is 8.85. The topological polar surface area (TPSA) is 85.1 Å². The third-order valence-electron chi connectivity index (χ3n) is 2.36. The molecule has 0 spiro atoms. The van der Waals surface area contributed by atoms with Gasteiger partial charge in [0.2, 0.25) is 0 Å². The van der Waals surface area contributed by atoms with Gasteiger partial charge in [-0.1, -0.05) is 0 Å². The Kier molecular flexibility index (Phi) is 2.02. The van der Waals surface area contributed by atoms with Crippen molar-refractivity contribution in [3.8, 4) is 11.8 Å². The molecule has 1 aromatic rings. The highest BCUT2D eigenvalue weighted by molar-refractivity contribution is 5.61. The SMILES string of the molecule is N#Cc1cc(N)c2c(c1)OCCC2N. The maximum Gasteiger partial charge on any atom is 0.127 e. The number of rotatable bonds is 0. The molecule has 1 aliphatic rings. The van der Waals surface area contributed by atoms with Crippen molar-refractivity contribution >= 4 is 5.69 Å². The monoisotopic (exact) mass is 189 g/mol. The number of nitriles is 1. The molecule has 14 heavy (non-hydrogen) atoms. The summed E-state index contributed by atoms with van der Waals surface area (Å²) in [5, 5.41) is 8.74. The molecule has 2 rings (SSSR count). The number of nitrogens with zero attached hydrogens (tertiary/aromatic N) is 1. The van der Waals surface area contributed by atoms with Gasteiger partial charge in [-0.25, -0.2) is 0 Å². The molecule has 1 atom stereocenters. The maximum atomic E-state index is 8.74. The summed E-state index contributed by atoms with van der Waals surface area (Å²) in [4.78, 5) is 0. The van der Waals surface area contributed by atoms with E-state index in [1.165, 1.54) is 0 Å². The lowest BCUT2D eigenvalue weighted by atomic mass is 9.98. The fourth-order valence-corrected chi connectivity index (χ4v) is 1.67. The van der Waals surface area contributed by atoms with Gasteiger partial charge in [-0.05, 0) is 12.1 Å². The molecule has 4 heteroatoms. The fourth-order valence-electron chi connectivity index (χ4n) is 1.67.